The predicted molar refractivity (Wildman–Crippen MR) is 76.3 cm³/mol. The minimum atomic E-state index is -0.152. The fourth-order valence-corrected chi connectivity index (χ4v) is 2.25. The second kappa shape index (κ2) is 7.54. The van der Waals surface area contributed by atoms with Crippen molar-refractivity contribution in [2.45, 2.75) is 20.4 Å². The number of ether oxygens (including phenoxy) is 1. The van der Waals surface area contributed by atoms with E-state index in [0.29, 0.717) is 6.54 Å². The molecule has 0 radical (unpaired) electrons. The summed E-state index contributed by atoms with van der Waals surface area (Å²) in [6, 6.07) is 8.15. The van der Waals surface area contributed by atoms with Crippen LogP contribution in [0.3, 0.4) is 0 Å². The summed E-state index contributed by atoms with van der Waals surface area (Å²) in [4.78, 5) is 13.7. The Bertz CT molecular complexity index is 395. The van der Waals surface area contributed by atoms with Crippen molar-refractivity contribution in [1.82, 2.24) is 4.90 Å². The third-order valence-corrected chi connectivity index (χ3v) is 3.71. The van der Waals surface area contributed by atoms with Crippen molar-refractivity contribution in [1.29, 1.82) is 0 Å². The van der Waals surface area contributed by atoms with E-state index in [1.807, 2.05) is 25.1 Å². The van der Waals surface area contributed by atoms with Gasteiger partial charge in [-0.05, 0) is 18.2 Å². The number of esters is 1. The van der Waals surface area contributed by atoms with Crippen LogP contribution in [-0.4, -0.2) is 31.1 Å². The average molecular weight is 314 g/mol. The maximum atomic E-state index is 11.4. The monoisotopic (exact) mass is 313 g/mol. The fraction of sp³-hybridized carbons (Fsp3) is 0.500. The Labute approximate surface area is 117 Å². The highest BCUT2D eigenvalue weighted by molar-refractivity contribution is 9.10. The minimum absolute atomic E-state index is 0.0996. The molecule has 0 fully saturated rings. The van der Waals surface area contributed by atoms with Gasteiger partial charge in [0.25, 0.3) is 0 Å². The zero-order chi connectivity index (χ0) is 13.5. The van der Waals surface area contributed by atoms with Crippen LogP contribution in [0.5, 0.6) is 0 Å². The van der Waals surface area contributed by atoms with Gasteiger partial charge in [0.15, 0.2) is 0 Å². The second-order valence-electron chi connectivity index (χ2n) is 4.34. The molecule has 1 unspecified atom stereocenters. The molecule has 1 aromatic rings. The zero-order valence-corrected chi connectivity index (χ0v) is 12.7. The Morgan fingerprint density at radius 1 is 1.44 bits per heavy atom. The van der Waals surface area contributed by atoms with Crippen molar-refractivity contribution in [3.63, 3.8) is 0 Å². The molecule has 0 saturated heterocycles. The lowest BCUT2D eigenvalue weighted by Gasteiger charge is -2.23. The molecule has 0 aromatic heterocycles. The summed E-state index contributed by atoms with van der Waals surface area (Å²) in [5, 5.41) is 0. The minimum Gasteiger partial charge on any atom is -0.469 e. The van der Waals surface area contributed by atoms with Gasteiger partial charge in [-0.25, -0.2) is 0 Å². The van der Waals surface area contributed by atoms with Gasteiger partial charge in [-0.3, -0.25) is 9.69 Å². The van der Waals surface area contributed by atoms with Gasteiger partial charge < -0.3 is 4.74 Å². The molecule has 0 heterocycles. The molecule has 0 N–H and O–H groups in total. The van der Waals surface area contributed by atoms with Gasteiger partial charge in [-0.1, -0.05) is 48.0 Å². The highest BCUT2D eigenvalue weighted by Gasteiger charge is 2.17. The predicted octanol–water partition coefficient (Wildman–Crippen LogP) is 3.08. The van der Waals surface area contributed by atoms with Gasteiger partial charge in [0, 0.05) is 17.6 Å². The topological polar surface area (TPSA) is 29.5 Å². The Balaban J connectivity index is 2.63. The third-order valence-electron chi connectivity index (χ3n) is 2.93. The molecule has 1 rings (SSSR count). The van der Waals surface area contributed by atoms with Crippen LogP contribution in [-0.2, 0) is 16.1 Å². The number of nitrogens with zero attached hydrogens (tertiary/aromatic N) is 1. The first-order chi connectivity index (χ1) is 8.58. The molecule has 0 spiro atoms. The van der Waals surface area contributed by atoms with Crippen LogP contribution < -0.4 is 0 Å². The molecule has 1 atom stereocenters. The smallest absolute Gasteiger partial charge is 0.309 e. The maximum absolute atomic E-state index is 11.4. The Morgan fingerprint density at radius 2 is 2.11 bits per heavy atom. The first kappa shape index (κ1) is 15.2. The molecule has 18 heavy (non-hydrogen) atoms. The lowest BCUT2D eigenvalue weighted by Crippen LogP contribution is -2.32. The van der Waals surface area contributed by atoms with Crippen LogP contribution >= 0.6 is 15.9 Å². The summed E-state index contributed by atoms with van der Waals surface area (Å²) in [6.45, 7) is 6.45. The lowest BCUT2D eigenvalue weighted by molar-refractivity contribution is -0.145. The lowest BCUT2D eigenvalue weighted by atomic mass is 10.1. The van der Waals surface area contributed by atoms with Crippen LogP contribution in [0.1, 0.15) is 19.4 Å². The molecule has 0 aliphatic rings. The molecule has 4 heteroatoms. The molecule has 1 aromatic carbocycles. The standard InChI is InChI=1S/C14H20BrNO2/c1-4-16(9-11(2)14(17)18-3)10-12-7-5-6-8-13(12)15/h5-8,11H,4,9-10H2,1-3H3. The van der Waals surface area contributed by atoms with Gasteiger partial charge in [0.05, 0.1) is 13.0 Å². The van der Waals surface area contributed by atoms with Crippen LogP contribution in [0.2, 0.25) is 0 Å². The van der Waals surface area contributed by atoms with Crippen molar-refractivity contribution in [2.24, 2.45) is 5.92 Å². The maximum Gasteiger partial charge on any atom is 0.309 e. The number of hydrogen-bond acceptors (Lipinski definition) is 3. The molecule has 0 aliphatic heterocycles. The van der Waals surface area contributed by atoms with E-state index in [0.717, 1.165) is 17.6 Å². The number of rotatable bonds is 6. The van der Waals surface area contributed by atoms with Crippen molar-refractivity contribution in [3.8, 4) is 0 Å². The van der Waals surface area contributed by atoms with Gasteiger partial charge in [0.1, 0.15) is 0 Å². The summed E-state index contributed by atoms with van der Waals surface area (Å²) in [7, 11) is 1.43. The van der Waals surface area contributed by atoms with Crippen LogP contribution in [0.4, 0.5) is 0 Å². The third kappa shape index (κ3) is 4.42. The zero-order valence-electron chi connectivity index (χ0n) is 11.1. The Kier molecular flexibility index (Phi) is 6.36. The molecule has 0 saturated carbocycles. The number of carbonyl (C=O) groups excluding carboxylic acids is 1. The van der Waals surface area contributed by atoms with E-state index in [9.17, 15) is 4.79 Å². The van der Waals surface area contributed by atoms with E-state index in [1.165, 1.54) is 12.7 Å². The van der Waals surface area contributed by atoms with E-state index < -0.39 is 0 Å². The van der Waals surface area contributed by atoms with E-state index in [4.69, 9.17) is 4.74 Å². The molecular formula is C14H20BrNO2. The van der Waals surface area contributed by atoms with Crippen molar-refractivity contribution in [3.05, 3.63) is 34.3 Å². The van der Waals surface area contributed by atoms with E-state index in [-0.39, 0.29) is 11.9 Å². The van der Waals surface area contributed by atoms with Crippen molar-refractivity contribution in [2.75, 3.05) is 20.2 Å². The van der Waals surface area contributed by atoms with Crippen LogP contribution in [0.25, 0.3) is 0 Å². The summed E-state index contributed by atoms with van der Waals surface area (Å²) in [5.74, 6) is -0.252. The first-order valence-corrected chi connectivity index (χ1v) is 6.91. The summed E-state index contributed by atoms with van der Waals surface area (Å²) in [6.07, 6.45) is 0. The number of carbonyl (C=O) groups is 1. The summed E-state index contributed by atoms with van der Waals surface area (Å²) >= 11 is 3.54. The molecule has 3 nitrogen and oxygen atoms in total. The first-order valence-electron chi connectivity index (χ1n) is 6.12. The van der Waals surface area contributed by atoms with Crippen LogP contribution in [0.15, 0.2) is 28.7 Å². The molecule has 0 bridgehead atoms. The van der Waals surface area contributed by atoms with Crippen molar-refractivity contribution < 1.29 is 9.53 Å². The Hall–Kier alpha value is -0.870. The molecule has 0 aliphatic carbocycles. The molecule has 100 valence electrons. The SMILES string of the molecule is CCN(Cc1ccccc1Br)CC(C)C(=O)OC. The van der Waals surface area contributed by atoms with Crippen LogP contribution in [0, 0.1) is 5.92 Å². The molecule has 0 amide bonds. The van der Waals surface area contributed by atoms with Gasteiger partial charge in [-0.15, -0.1) is 0 Å². The second-order valence-corrected chi connectivity index (χ2v) is 5.20. The number of benzene rings is 1. The summed E-state index contributed by atoms with van der Waals surface area (Å²) in [5.41, 5.74) is 1.23. The average Bonchev–Trinajstić information content (AvgIpc) is 2.39. The number of hydrogen-bond donors (Lipinski definition) is 0. The number of halogens is 1. The van der Waals surface area contributed by atoms with E-state index >= 15 is 0 Å². The van der Waals surface area contributed by atoms with E-state index in [2.05, 4.69) is 33.8 Å². The van der Waals surface area contributed by atoms with Crippen molar-refractivity contribution >= 4 is 21.9 Å². The normalized spacial score (nSPS) is 12.5. The quantitative estimate of drug-likeness (QED) is 0.756. The number of methoxy groups -OCH3 is 1. The van der Waals surface area contributed by atoms with Gasteiger partial charge in [0.2, 0.25) is 0 Å². The summed E-state index contributed by atoms with van der Waals surface area (Å²) < 4.78 is 5.86. The van der Waals surface area contributed by atoms with Gasteiger partial charge in [-0.2, -0.15) is 0 Å². The fourth-order valence-electron chi connectivity index (χ4n) is 1.84. The molecular weight excluding hydrogens is 294 g/mol. The van der Waals surface area contributed by atoms with Gasteiger partial charge >= 0.3 is 5.97 Å². The largest absolute Gasteiger partial charge is 0.469 e. The van der Waals surface area contributed by atoms with E-state index in [1.54, 1.807) is 0 Å². The highest BCUT2D eigenvalue weighted by Crippen LogP contribution is 2.18. The Morgan fingerprint density at radius 3 is 2.67 bits per heavy atom. The highest BCUT2D eigenvalue weighted by atomic mass is 79.9.